The molecule has 0 N–H and O–H groups in total. The Morgan fingerprint density at radius 3 is 2.73 bits per heavy atom. The number of likely N-dealkylation sites (tertiary alicyclic amines) is 1. The van der Waals surface area contributed by atoms with Crippen molar-refractivity contribution in [1.29, 1.82) is 0 Å². The average Bonchev–Trinajstić information content (AvgIpc) is 3.50. The molecular weight excluding hydrogens is 392 g/mol. The molecule has 0 saturated carbocycles. The molecule has 0 aromatic carbocycles. The highest BCUT2D eigenvalue weighted by molar-refractivity contribution is 7.18. The molecule has 7 heteroatoms. The van der Waals surface area contributed by atoms with E-state index in [1.165, 1.54) is 41.8 Å². The van der Waals surface area contributed by atoms with Crippen molar-refractivity contribution in [3.63, 3.8) is 0 Å². The smallest absolute Gasteiger partial charge is 0.140 e. The van der Waals surface area contributed by atoms with E-state index in [2.05, 4.69) is 59.1 Å². The summed E-state index contributed by atoms with van der Waals surface area (Å²) in [5, 5.41) is 5.68. The van der Waals surface area contributed by atoms with E-state index < -0.39 is 0 Å². The Balaban J connectivity index is 1.36. The van der Waals surface area contributed by atoms with Gasteiger partial charge in [-0.1, -0.05) is 20.8 Å². The maximum Gasteiger partial charge on any atom is 0.140 e. The molecule has 2 aliphatic rings. The van der Waals surface area contributed by atoms with Gasteiger partial charge in [0.25, 0.3) is 0 Å². The third kappa shape index (κ3) is 3.42. The predicted octanol–water partition coefficient (Wildman–Crippen LogP) is 4.29. The Bertz CT molecular complexity index is 1040. The number of hydrogen-bond acceptors (Lipinski definition) is 6. The maximum absolute atomic E-state index is 4.72. The summed E-state index contributed by atoms with van der Waals surface area (Å²) in [7, 11) is 2.01. The minimum atomic E-state index is 0.371. The number of aryl methyl sites for hydroxylation is 2. The summed E-state index contributed by atoms with van der Waals surface area (Å²) in [5.41, 5.74) is 1.72. The molecule has 0 bridgehead atoms. The van der Waals surface area contributed by atoms with Gasteiger partial charge in [-0.05, 0) is 37.8 Å². The van der Waals surface area contributed by atoms with Gasteiger partial charge in [0.1, 0.15) is 17.0 Å². The number of nitrogens with zero attached hydrogens (tertiary/aromatic N) is 6. The molecule has 5 rings (SSSR count). The van der Waals surface area contributed by atoms with E-state index >= 15 is 0 Å². The van der Waals surface area contributed by atoms with Crippen molar-refractivity contribution in [2.24, 2.45) is 18.4 Å². The molecule has 5 heterocycles. The van der Waals surface area contributed by atoms with E-state index in [1.807, 2.05) is 23.1 Å². The highest BCUT2D eigenvalue weighted by atomic mass is 32.1. The van der Waals surface area contributed by atoms with Crippen LogP contribution in [-0.4, -0.2) is 50.8 Å². The predicted molar refractivity (Wildman–Crippen MR) is 123 cm³/mol. The average molecular weight is 425 g/mol. The summed E-state index contributed by atoms with van der Waals surface area (Å²) >= 11 is 1.81. The zero-order chi connectivity index (χ0) is 20.9. The van der Waals surface area contributed by atoms with Crippen LogP contribution < -0.4 is 4.90 Å². The summed E-state index contributed by atoms with van der Waals surface area (Å²) in [5.74, 6) is 1.71. The van der Waals surface area contributed by atoms with Gasteiger partial charge in [-0.3, -0.25) is 9.58 Å². The lowest BCUT2D eigenvalue weighted by molar-refractivity contribution is 0.170. The summed E-state index contributed by atoms with van der Waals surface area (Å²) in [6.45, 7) is 11.4. The van der Waals surface area contributed by atoms with Crippen LogP contribution in [0.1, 0.15) is 50.1 Å². The van der Waals surface area contributed by atoms with Gasteiger partial charge in [-0.15, -0.1) is 11.3 Å². The maximum atomic E-state index is 4.72. The van der Waals surface area contributed by atoms with Crippen molar-refractivity contribution in [2.75, 3.05) is 31.1 Å². The number of anilines is 1. The molecule has 2 atom stereocenters. The summed E-state index contributed by atoms with van der Waals surface area (Å²) in [6.07, 6.45) is 9.57. The molecule has 0 radical (unpaired) electrons. The van der Waals surface area contributed by atoms with Gasteiger partial charge in [0.2, 0.25) is 0 Å². The normalized spacial score (nSPS) is 23.4. The number of rotatable bonds is 5. The molecule has 3 aromatic heterocycles. The summed E-state index contributed by atoms with van der Waals surface area (Å²) in [4.78, 5) is 17.0. The van der Waals surface area contributed by atoms with Gasteiger partial charge < -0.3 is 4.90 Å². The second kappa shape index (κ2) is 7.61. The first-order valence-electron chi connectivity index (χ1n) is 11.2. The van der Waals surface area contributed by atoms with Crippen molar-refractivity contribution in [1.82, 2.24) is 24.6 Å². The topological polar surface area (TPSA) is 50.1 Å². The molecule has 0 amide bonds. The SMILES string of the molecule is CCc1cc2c(N3CC[C@]4(CCN([C@@H](c5cnn(C)c5)C(C)C)C4)C3)ncnc2s1. The quantitative estimate of drug-likeness (QED) is 0.612. The molecule has 160 valence electrons. The van der Waals surface area contributed by atoms with Crippen LogP contribution in [0, 0.1) is 11.3 Å². The second-order valence-electron chi connectivity index (χ2n) is 9.51. The Kier molecular flexibility index (Phi) is 5.06. The van der Waals surface area contributed by atoms with Crippen molar-refractivity contribution in [3.8, 4) is 0 Å². The van der Waals surface area contributed by atoms with Crippen LogP contribution in [0.4, 0.5) is 5.82 Å². The molecule has 2 aliphatic heterocycles. The Hall–Kier alpha value is -1.99. The molecule has 6 nitrogen and oxygen atoms in total. The van der Waals surface area contributed by atoms with Crippen molar-refractivity contribution < 1.29 is 0 Å². The molecule has 0 aliphatic carbocycles. The van der Waals surface area contributed by atoms with Crippen LogP contribution >= 0.6 is 11.3 Å². The molecule has 2 saturated heterocycles. The van der Waals surface area contributed by atoms with Crippen molar-refractivity contribution >= 4 is 27.4 Å². The lowest BCUT2D eigenvalue weighted by atomic mass is 9.86. The van der Waals surface area contributed by atoms with Crippen LogP contribution in [0.25, 0.3) is 10.2 Å². The largest absolute Gasteiger partial charge is 0.355 e. The van der Waals surface area contributed by atoms with Gasteiger partial charge in [-0.2, -0.15) is 5.10 Å². The zero-order valence-electron chi connectivity index (χ0n) is 18.5. The standard InChI is InChI=1S/C23H32N6S/c1-5-18-10-19-21(24-15-25-22(19)30-18)29-9-7-23(14-29)6-8-28(13-23)20(16(2)3)17-11-26-27(4)12-17/h10-12,15-16,20H,5-9,13-14H2,1-4H3/t20-,23+/m1/s1. The minimum absolute atomic E-state index is 0.371. The first kappa shape index (κ1) is 19.9. The van der Waals surface area contributed by atoms with Gasteiger partial charge >= 0.3 is 0 Å². The zero-order valence-corrected chi connectivity index (χ0v) is 19.3. The third-order valence-corrected chi connectivity index (χ3v) is 8.19. The van der Waals surface area contributed by atoms with Crippen LogP contribution in [-0.2, 0) is 13.5 Å². The molecule has 1 spiro atoms. The fraction of sp³-hybridized carbons (Fsp3) is 0.609. The Morgan fingerprint density at radius 2 is 2.00 bits per heavy atom. The van der Waals surface area contributed by atoms with Gasteiger partial charge in [0, 0.05) is 54.8 Å². The number of hydrogen-bond donors (Lipinski definition) is 0. The Labute approximate surface area is 182 Å². The van der Waals surface area contributed by atoms with Gasteiger partial charge in [0.05, 0.1) is 11.6 Å². The summed E-state index contributed by atoms with van der Waals surface area (Å²) < 4.78 is 1.93. The third-order valence-electron chi connectivity index (χ3n) is 7.00. The van der Waals surface area contributed by atoms with E-state index in [4.69, 9.17) is 4.98 Å². The lowest BCUT2D eigenvalue weighted by Crippen LogP contribution is -2.34. The second-order valence-corrected chi connectivity index (χ2v) is 10.6. The fourth-order valence-electron chi connectivity index (χ4n) is 5.59. The van der Waals surface area contributed by atoms with Crippen LogP contribution in [0.5, 0.6) is 0 Å². The fourth-order valence-corrected chi connectivity index (χ4v) is 6.52. The number of thiophene rings is 1. The lowest BCUT2D eigenvalue weighted by Gasteiger charge is -2.32. The molecular formula is C23H32N6S. The number of aromatic nitrogens is 4. The van der Waals surface area contributed by atoms with E-state index in [0.717, 1.165) is 30.2 Å². The van der Waals surface area contributed by atoms with Crippen LogP contribution in [0.2, 0.25) is 0 Å². The molecule has 2 fully saturated rings. The Morgan fingerprint density at radius 1 is 1.17 bits per heavy atom. The first-order chi connectivity index (χ1) is 14.5. The van der Waals surface area contributed by atoms with E-state index in [9.17, 15) is 0 Å². The summed E-state index contributed by atoms with van der Waals surface area (Å²) in [6, 6.07) is 2.75. The van der Waals surface area contributed by atoms with Crippen molar-refractivity contribution in [3.05, 3.63) is 35.2 Å². The van der Waals surface area contributed by atoms with Crippen LogP contribution in [0.3, 0.4) is 0 Å². The molecule has 30 heavy (non-hydrogen) atoms. The van der Waals surface area contributed by atoms with Gasteiger partial charge in [0.15, 0.2) is 0 Å². The highest BCUT2D eigenvalue weighted by Gasteiger charge is 2.46. The van der Waals surface area contributed by atoms with Gasteiger partial charge in [-0.25, -0.2) is 9.97 Å². The van der Waals surface area contributed by atoms with E-state index in [1.54, 1.807) is 6.33 Å². The number of fused-ring (bicyclic) bond motifs is 1. The monoisotopic (exact) mass is 424 g/mol. The van der Waals surface area contributed by atoms with Crippen LogP contribution in [0.15, 0.2) is 24.8 Å². The molecule has 0 unspecified atom stereocenters. The van der Waals surface area contributed by atoms with E-state index in [0.29, 0.717) is 17.4 Å². The highest BCUT2D eigenvalue weighted by Crippen LogP contribution is 2.45. The molecule has 3 aromatic rings. The van der Waals surface area contributed by atoms with Crippen molar-refractivity contribution in [2.45, 2.75) is 46.1 Å². The van der Waals surface area contributed by atoms with E-state index in [-0.39, 0.29) is 0 Å². The minimum Gasteiger partial charge on any atom is -0.355 e. The first-order valence-corrected chi connectivity index (χ1v) is 12.0.